The van der Waals surface area contributed by atoms with Gasteiger partial charge in [0.05, 0.1) is 0 Å². The fraction of sp³-hybridized carbons (Fsp3) is 0.500. The van der Waals surface area contributed by atoms with Gasteiger partial charge < -0.3 is 15.1 Å². The van der Waals surface area contributed by atoms with Crippen LogP contribution in [0.4, 0.5) is 0 Å². The van der Waals surface area contributed by atoms with E-state index in [0.29, 0.717) is 23.8 Å². The SMILES string of the molecule is CC(Br)C1CCN(C(=O)c2c(O)cccc2O)CC1. The van der Waals surface area contributed by atoms with E-state index in [1.165, 1.54) is 18.2 Å². The topological polar surface area (TPSA) is 60.8 Å². The predicted molar refractivity (Wildman–Crippen MR) is 76.8 cm³/mol. The highest BCUT2D eigenvalue weighted by Gasteiger charge is 2.28. The number of hydrogen-bond donors (Lipinski definition) is 2. The monoisotopic (exact) mass is 327 g/mol. The fourth-order valence-corrected chi connectivity index (χ4v) is 3.00. The highest BCUT2D eigenvalue weighted by atomic mass is 79.9. The molecule has 1 fully saturated rings. The molecule has 1 atom stereocenters. The Labute approximate surface area is 121 Å². The molecule has 1 aromatic rings. The van der Waals surface area contributed by atoms with Gasteiger partial charge in [0.25, 0.3) is 5.91 Å². The first-order chi connectivity index (χ1) is 9.00. The number of likely N-dealkylation sites (tertiary alicyclic amines) is 1. The van der Waals surface area contributed by atoms with E-state index in [4.69, 9.17) is 0 Å². The third-order valence-electron chi connectivity index (χ3n) is 3.71. The van der Waals surface area contributed by atoms with E-state index in [-0.39, 0.29) is 23.0 Å². The van der Waals surface area contributed by atoms with Crippen LogP contribution < -0.4 is 0 Å². The minimum absolute atomic E-state index is 0.00726. The van der Waals surface area contributed by atoms with Gasteiger partial charge in [0.2, 0.25) is 0 Å². The number of piperidine rings is 1. The van der Waals surface area contributed by atoms with Crippen LogP contribution in [0.3, 0.4) is 0 Å². The van der Waals surface area contributed by atoms with Gasteiger partial charge in [-0.25, -0.2) is 0 Å². The van der Waals surface area contributed by atoms with Crippen molar-refractivity contribution < 1.29 is 15.0 Å². The second-order valence-corrected chi connectivity index (χ2v) is 6.42. The van der Waals surface area contributed by atoms with Crippen molar-refractivity contribution in [1.29, 1.82) is 0 Å². The Balaban J connectivity index is 2.10. The highest BCUT2D eigenvalue weighted by molar-refractivity contribution is 9.09. The summed E-state index contributed by atoms with van der Waals surface area (Å²) < 4.78 is 0. The van der Waals surface area contributed by atoms with Crippen molar-refractivity contribution in [3.8, 4) is 11.5 Å². The second-order valence-electron chi connectivity index (χ2n) is 4.98. The minimum Gasteiger partial charge on any atom is -0.507 e. The third-order valence-corrected chi connectivity index (χ3v) is 4.46. The molecule has 0 aromatic heterocycles. The minimum atomic E-state index is -0.295. The molecule has 1 unspecified atom stereocenters. The molecule has 0 bridgehead atoms. The maximum absolute atomic E-state index is 12.3. The zero-order valence-corrected chi connectivity index (χ0v) is 12.4. The van der Waals surface area contributed by atoms with Crippen LogP contribution in [0.25, 0.3) is 0 Å². The molecule has 4 nitrogen and oxygen atoms in total. The van der Waals surface area contributed by atoms with Crippen LogP contribution in [0.15, 0.2) is 18.2 Å². The summed E-state index contributed by atoms with van der Waals surface area (Å²) in [6.45, 7) is 3.44. The highest BCUT2D eigenvalue weighted by Crippen LogP contribution is 2.30. The van der Waals surface area contributed by atoms with Crippen molar-refractivity contribution in [2.75, 3.05) is 13.1 Å². The Kier molecular flexibility index (Phi) is 4.34. The number of phenolic OH excluding ortho intramolecular Hbond substituents is 2. The molecule has 1 saturated heterocycles. The third kappa shape index (κ3) is 3.03. The Morgan fingerprint density at radius 3 is 2.32 bits per heavy atom. The van der Waals surface area contributed by atoms with Crippen LogP contribution in [0.1, 0.15) is 30.1 Å². The number of hydrogen-bond acceptors (Lipinski definition) is 3. The van der Waals surface area contributed by atoms with Crippen LogP contribution in [0.2, 0.25) is 0 Å². The van der Waals surface area contributed by atoms with Crippen LogP contribution in [0.5, 0.6) is 11.5 Å². The summed E-state index contributed by atoms with van der Waals surface area (Å²) in [6.07, 6.45) is 1.87. The van der Waals surface area contributed by atoms with E-state index < -0.39 is 0 Å². The molecule has 2 N–H and O–H groups in total. The number of phenols is 2. The number of halogens is 1. The molecule has 1 aliphatic heterocycles. The molecule has 0 saturated carbocycles. The summed E-state index contributed by atoms with van der Waals surface area (Å²) in [6, 6.07) is 4.35. The molecular weight excluding hydrogens is 310 g/mol. The molecule has 104 valence electrons. The quantitative estimate of drug-likeness (QED) is 0.821. The molecule has 1 aromatic carbocycles. The maximum Gasteiger partial charge on any atom is 0.261 e. The molecule has 0 spiro atoms. The van der Waals surface area contributed by atoms with Crippen molar-refractivity contribution >= 4 is 21.8 Å². The van der Waals surface area contributed by atoms with Gasteiger partial charge in [0.1, 0.15) is 17.1 Å². The molecule has 2 rings (SSSR count). The fourth-order valence-electron chi connectivity index (χ4n) is 2.47. The summed E-state index contributed by atoms with van der Waals surface area (Å²) in [5.41, 5.74) is 0.00726. The lowest BCUT2D eigenvalue weighted by Gasteiger charge is -2.33. The second kappa shape index (κ2) is 5.82. The van der Waals surface area contributed by atoms with Gasteiger partial charge in [0.15, 0.2) is 0 Å². The average Bonchev–Trinajstić information content (AvgIpc) is 2.38. The van der Waals surface area contributed by atoms with Gasteiger partial charge in [-0.15, -0.1) is 0 Å². The summed E-state index contributed by atoms with van der Waals surface area (Å²) in [7, 11) is 0. The van der Waals surface area contributed by atoms with Crippen LogP contribution >= 0.6 is 15.9 Å². The zero-order chi connectivity index (χ0) is 14.0. The van der Waals surface area contributed by atoms with Crippen molar-refractivity contribution in [2.24, 2.45) is 5.92 Å². The summed E-state index contributed by atoms with van der Waals surface area (Å²) in [5, 5.41) is 19.4. The molecule has 1 amide bonds. The van der Waals surface area contributed by atoms with E-state index in [1.54, 1.807) is 4.90 Å². The molecule has 0 aliphatic carbocycles. The Morgan fingerprint density at radius 1 is 1.32 bits per heavy atom. The van der Waals surface area contributed by atoms with Crippen LogP contribution in [-0.4, -0.2) is 38.9 Å². The van der Waals surface area contributed by atoms with Crippen molar-refractivity contribution in [3.05, 3.63) is 23.8 Å². The number of alkyl halides is 1. The molecule has 5 heteroatoms. The van der Waals surface area contributed by atoms with Crippen LogP contribution in [-0.2, 0) is 0 Å². The lowest BCUT2D eigenvalue weighted by atomic mass is 9.94. The standard InChI is InChI=1S/C14H18BrNO3/c1-9(15)10-5-7-16(8-6-10)14(19)13-11(17)3-2-4-12(13)18/h2-4,9-10,17-18H,5-8H2,1H3. The van der Waals surface area contributed by atoms with Gasteiger partial charge in [-0.3, -0.25) is 4.79 Å². The summed E-state index contributed by atoms with van der Waals surface area (Å²) in [4.78, 5) is 14.5. The van der Waals surface area contributed by atoms with Gasteiger partial charge in [-0.2, -0.15) is 0 Å². The first-order valence-corrected chi connectivity index (χ1v) is 7.36. The molecular formula is C14H18BrNO3. The van der Waals surface area contributed by atoms with E-state index in [9.17, 15) is 15.0 Å². The van der Waals surface area contributed by atoms with Crippen molar-refractivity contribution in [2.45, 2.75) is 24.6 Å². The van der Waals surface area contributed by atoms with Gasteiger partial charge in [-0.1, -0.05) is 28.9 Å². The largest absolute Gasteiger partial charge is 0.507 e. The first-order valence-electron chi connectivity index (χ1n) is 6.45. The van der Waals surface area contributed by atoms with E-state index in [0.717, 1.165) is 12.8 Å². The number of benzene rings is 1. The number of amides is 1. The average molecular weight is 328 g/mol. The van der Waals surface area contributed by atoms with E-state index >= 15 is 0 Å². The summed E-state index contributed by atoms with van der Waals surface area (Å²) >= 11 is 3.58. The number of carbonyl (C=O) groups excluding carboxylic acids is 1. The van der Waals surface area contributed by atoms with Crippen molar-refractivity contribution in [3.63, 3.8) is 0 Å². The summed E-state index contributed by atoms with van der Waals surface area (Å²) in [5.74, 6) is -0.0553. The van der Waals surface area contributed by atoms with Gasteiger partial charge in [-0.05, 0) is 30.9 Å². The maximum atomic E-state index is 12.3. The van der Waals surface area contributed by atoms with E-state index in [2.05, 4.69) is 22.9 Å². The van der Waals surface area contributed by atoms with Crippen molar-refractivity contribution in [1.82, 2.24) is 4.90 Å². The Hall–Kier alpha value is -1.23. The molecule has 19 heavy (non-hydrogen) atoms. The Bertz CT molecular complexity index is 448. The van der Waals surface area contributed by atoms with Gasteiger partial charge >= 0.3 is 0 Å². The Morgan fingerprint density at radius 2 is 1.84 bits per heavy atom. The molecule has 1 heterocycles. The first kappa shape index (κ1) is 14.2. The van der Waals surface area contributed by atoms with Gasteiger partial charge in [0, 0.05) is 17.9 Å². The number of aromatic hydroxyl groups is 2. The molecule has 0 radical (unpaired) electrons. The van der Waals surface area contributed by atoms with E-state index in [1.807, 2.05) is 0 Å². The zero-order valence-electron chi connectivity index (χ0n) is 10.8. The molecule has 1 aliphatic rings. The lowest BCUT2D eigenvalue weighted by molar-refractivity contribution is 0.0685. The lowest BCUT2D eigenvalue weighted by Crippen LogP contribution is -2.40. The number of carbonyl (C=O) groups is 1. The number of nitrogens with zero attached hydrogens (tertiary/aromatic N) is 1. The smallest absolute Gasteiger partial charge is 0.261 e. The number of rotatable bonds is 2. The van der Waals surface area contributed by atoms with Crippen LogP contribution in [0, 0.1) is 5.92 Å². The predicted octanol–water partition coefficient (Wildman–Crippen LogP) is 2.73. The normalized spacial score (nSPS) is 18.3.